The van der Waals surface area contributed by atoms with Crippen LogP contribution in [-0.2, 0) is 15.1 Å². The molecule has 0 unspecified atom stereocenters. The van der Waals surface area contributed by atoms with Crippen LogP contribution in [0, 0.1) is 0 Å². The molecule has 7 nitrogen and oxygen atoms in total. The third-order valence-electron chi connectivity index (χ3n) is 5.47. The summed E-state index contributed by atoms with van der Waals surface area (Å²) in [6.45, 7) is 4.06. The Balaban J connectivity index is 1.83. The zero-order valence-corrected chi connectivity index (χ0v) is 17.3. The maximum absolute atomic E-state index is 13.1. The van der Waals surface area contributed by atoms with Crippen molar-refractivity contribution in [2.75, 3.05) is 27.2 Å². The SMILES string of the molecule is CCCCN(C)C(=O)CN1C(=O)N[C@@](C)(c2ccc3cc(OC)ccc3c2)C1=O. The van der Waals surface area contributed by atoms with E-state index in [0.29, 0.717) is 12.1 Å². The van der Waals surface area contributed by atoms with Crippen LogP contribution in [-0.4, -0.2) is 54.9 Å². The topological polar surface area (TPSA) is 79.0 Å². The van der Waals surface area contributed by atoms with Gasteiger partial charge in [0.2, 0.25) is 5.91 Å². The maximum atomic E-state index is 13.1. The Labute approximate surface area is 170 Å². The number of nitrogens with zero attached hydrogens (tertiary/aromatic N) is 2. The second-order valence-corrected chi connectivity index (χ2v) is 7.54. The fraction of sp³-hybridized carbons (Fsp3) is 0.409. The van der Waals surface area contributed by atoms with Gasteiger partial charge in [0.1, 0.15) is 17.8 Å². The first-order valence-electron chi connectivity index (χ1n) is 9.76. The number of nitrogens with one attached hydrogen (secondary N) is 1. The van der Waals surface area contributed by atoms with Crippen LogP contribution in [0.4, 0.5) is 4.79 Å². The van der Waals surface area contributed by atoms with Crippen molar-refractivity contribution in [3.05, 3.63) is 42.0 Å². The van der Waals surface area contributed by atoms with Crippen LogP contribution in [0.5, 0.6) is 5.75 Å². The zero-order valence-electron chi connectivity index (χ0n) is 17.3. The van der Waals surface area contributed by atoms with Gasteiger partial charge in [-0.15, -0.1) is 0 Å². The van der Waals surface area contributed by atoms with Crippen LogP contribution in [0.1, 0.15) is 32.3 Å². The molecule has 154 valence electrons. The van der Waals surface area contributed by atoms with E-state index in [4.69, 9.17) is 4.74 Å². The van der Waals surface area contributed by atoms with E-state index in [1.165, 1.54) is 0 Å². The van der Waals surface area contributed by atoms with Crippen LogP contribution in [0.15, 0.2) is 36.4 Å². The molecule has 3 rings (SSSR count). The van der Waals surface area contributed by atoms with Crippen molar-refractivity contribution in [3.63, 3.8) is 0 Å². The van der Waals surface area contributed by atoms with Crippen LogP contribution < -0.4 is 10.1 Å². The van der Waals surface area contributed by atoms with Crippen molar-refractivity contribution >= 4 is 28.6 Å². The number of benzene rings is 2. The van der Waals surface area contributed by atoms with Crippen molar-refractivity contribution in [3.8, 4) is 5.75 Å². The Bertz CT molecular complexity index is 958. The zero-order chi connectivity index (χ0) is 21.2. The molecule has 0 aromatic heterocycles. The van der Waals surface area contributed by atoms with E-state index in [-0.39, 0.29) is 12.5 Å². The molecule has 0 bridgehead atoms. The summed E-state index contributed by atoms with van der Waals surface area (Å²) in [6, 6.07) is 10.7. The van der Waals surface area contributed by atoms with E-state index in [1.54, 1.807) is 26.0 Å². The van der Waals surface area contributed by atoms with E-state index in [9.17, 15) is 14.4 Å². The van der Waals surface area contributed by atoms with Crippen LogP contribution >= 0.6 is 0 Å². The lowest BCUT2D eigenvalue weighted by Crippen LogP contribution is -2.43. The summed E-state index contributed by atoms with van der Waals surface area (Å²) in [5, 5.41) is 4.66. The number of urea groups is 1. The van der Waals surface area contributed by atoms with Crippen molar-refractivity contribution < 1.29 is 19.1 Å². The maximum Gasteiger partial charge on any atom is 0.325 e. The number of ether oxygens (including phenoxy) is 1. The molecule has 1 aliphatic rings. The second-order valence-electron chi connectivity index (χ2n) is 7.54. The van der Waals surface area contributed by atoms with Gasteiger partial charge in [0.25, 0.3) is 5.91 Å². The first-order valence-corrected chi connectivity index (χ1v) is 9.76. The summed E-state index contributed by atoms with van der Waals surface area (Å²) in [6.07, 6.45) is 1.84. The smallest absolute Gasteiger partial charge is 0.325 e. The fourth-order valence-electron chi connectivity index (χ4n) is 3.47. The van der Waals surface area contributed by atoms with Crippen LogP contribution in [0.3, 0.4) is 0 Å². The molecule has 0 spiro atoms. The molecule has 29 heavy (non-hydrogen) atoms. The lowest BCUT2D eigenvalue weighted by atomic mass is 9.90. The number of carbonyl (C=O) groups is 3. The Morgan fingerprint density at radius 2 is 1.86 bits per heavy atom. The van der Waals surface area contributed by atoms with Gasteiger partial charge >= 0.3 is 6.03 Å². The van der Waals surface area contributed by atoms with Gasteiger partial charge < -0.3 is 15.0 Å². The Hall–Kier alpha value is -3.09. The monoisotopic (exact) mass is 397 g/mol. The number of unbranched alkanes of at least 4 members (excludes halogenated alkanes) is 1. The normalized spacial score (nSPS) is 18.8. The van der Waals surface area contributed by atoms with Crippen molar-refractivity contribution in [2.45, 2.75) is 32.2 Å². The predicted octanol–water partition coefficient (Wildman–Crippen LogP) is 2.87. The minimum atomic E-state index is -1.21. The number of amides is 4. The number of hydrogen-bond acceptors (Lipinski definition) is 4. The number of hydrogen-bond donors (Lipinski definition) is 1. The van der Waals surface area contributed by atoms with E-state index >= 15 is 0 Å². The van der Waals surface area contributed by atoms with E-state index in [1.807, 2.05) is 43.3 Å². The molecule has 2 aromatic rings. The van der Waals surface area contributed by atoms with Gasteiger partial charge in [-0.05, 0) is 47.9 Å². The van der Waals surface area contributed by atoms with E-state index in [2.05, 4.69) is 5.32 Å². The summed E-state index contributed by atoms with van der Waals surface area (Å²) >= 11 is 0. The Kier molecular flexibility index (Phi) is 5.77. The van der Waals surface area contributed by atoms with Crippen LogP contribution in [0.2, 0.25) is 0 Å². The molecule has 2 aromatic carbocycles. The fourth-order valence-corrected chi connectivity index (χ4v) is 3.47. The molecule has 1 atom stereocenters. The minimum absolute atomic E-state index is 0.253. The second kappa shape index (κ2) is 8.11. The van der Waals surface area contributed by atoms with Gasteiger partial charge in [0.05, 0.1) is 7.11 Å². The van der Waals surface area contributed by atoms with Crippen LogP contribution in [0.25, 0.3) is 10.8 Å². The third kappa shape index (κ3) is 3.90. The quantitative estimate of drug-likeness (QED) is 0.729. The molecule has 1 aliphatic heterocycles. The van der Waals surface area contributed by atoms with Gasteiger partial charge in [-0.25, -0.2) is 4.79 Å². The third-order valence-corrected chi connectivity index (χ3v) is 5.47. The molecule has 1 N–H and O–H groups in total. The molecule has 0 saturated carbocycles. The number of carbonyl (C=O) groups excluding carboxylic acids is 3. The molecular weight excluding hydrogens is 370 g/mol. The summed E-state index contributed by atoms with van der Waals surface area (Å²) in [5.74, 6) is 0.0722. The summed E-state index contributed by atoms with van der Waals surface area (Å²) in [7, 11) is 3.30. The molecule has 1 saturated heterocycles. The van der Waals surface area contributed by atoms with Crippen molar-refractivity contribution in [1.29, 1.82) is 0 Å². The Morgan fingerprint density at radius 3 is 2.55 bits per heavy atom. The van der Waals surface area contributed by atoms with Gasteiger partial charge in [0, 0.05) is 13.6 Å². The highest BCUT2D eigenvalue weighted by Crippen LogP contribution is 2.32. The molecule has 0 radical (unpaired) electrons. The minimum Gasteiger partial charge on any atom is -0.497 e. The van der Waals surface area contributed by atoms with E-state index < -0.39 is 17.5 Å². The average Bonchev–Trinajstić information content (AvgIpc) is 2.94. The first kappa shape index (κ1) is 20.6. The van der Waals surface area contributed by atoms with Gasteiger partial charge in [-0.3, -0.25) is 14.5 Å². The largest absolute Gasteiger partial charge is 0.497 e. The summed E-state index contributed by atoms with van der Waals surface area (Å²) in [5.41, 5.74) is -0.546. The number of likely N-dealkylation sites (N-methyl/N-ethyl adjacent to an activating group) is 1. The summed E-state index contributed by atoms with van der Waals surface area (Å²) in [4.78, 5) is 40.6. The van der Waals surface area contributed by atoms with Gasteiger partial charge in [-0.1, -0.05) is 31.5 Å². The van der Waals surface area contributed by atoms with Crippen molar-refractivity contribution in [1.82, 2.24) is 15.1 Å². The molecular formula is C22H27N3O4. The predicted molar refractivity (Wildman–Crippen MR) is 111 cm³/mol. The number of rotatable bonds is 7. The molecule has 0 aliphatic carbocycles. The van der Waals surface area contributed by atoms with E-state index in [0.717, 1.165) is 34.3 Å². The highest BCUT2D eigenvalue weighted by atomic mass is 16.5. The van der Waals surface area contributed by atoms with Crippen molar-refractivity contribution in [2.24, 2.45) is 0 Å². The molecule has 1 fully saturated rings. The number of imide groups is 1. The van der Waals surface area contributed by atoms with Gasteiger partial charge in [-0.2, -0.15) is 0 Å². The number of methoxy groups -OCH3 is 1. The first-order chi connectivity index (χ1) is 13.8. The lowest BCUT2D eigenvalue weighted by molar-refractivity contribution is -0.138. The van der Waals surface area contributed by atoms with Gasteiger partial charge in [0.15, 0.2) is 0 Å². The molecule has 7 heteroatoms. The highest BCUT2D eigenvalue weighted by Gasteiger charge is 2.49. The average molecular weight is 397 g/mol. The summed E-state index contributed by atoms with van der Waals surface area (Å²) < 4.78 is 5.24. The highest BCUT2D eigenvalue weighted by molar-refractivity contribution is 6.09. The number of fused-ring (bicyclic) bond motifs is 1. The molecule has 1 heterocycles. The lowest BCUT2D eigenvalue weighted by Gasteiger charge is -2.23. The molecule has 4 amide bonds. The Morgan fingerprint density at radius 1 is 1.17 bits per heavy atom. The standard InChI is InChI=1S/C22H27N3O4/c1-5-6-11-24(3)19(26)14-25-20(27)22(2,23-21(25)28)17-9-7-16-13-18(29-4)10-8-15(16)12-17/h7-10,12-13H,5-6,11,14H2,1-4H3,(H,23,28)/t22-/m0/s1.